The van der Waals surface area contributed by atoms with Gasteiger partial charge in [-0.3, -0.25) is 4.90 Å². The second kappa shape index (κ2) is 4.69. The van der Waals surface area contributed by atoms with Gasteiger partial charge in [-0.2, -0.15) is 0 Å². The lowest BCUT2D eigenvalue weighted by Gasteiger charge is -2.21. The molecule has 0 bridgehead atoms. The molecule has 0 aliphatic carbocycles. The Morgan fingerprint density at radius 3 is 2.88 bits per heavy atom. The molecule has 0 aromatic heterocycles. The van der Waals surface area contributed by atoms with Crippen LogP contribution in [0.3, 0.4) is 0 Å². The van der Waals surface area contributed by atoms with Crippen LogP contribution in [0.2, 0.25) is 0 Å². The third-order valence-corrected chi connectivity index (χ3v) is 5.09. The van der Waals surface area contributed by atoms with Crippen molar-refractivity contribution in [2.24, 2.45) is 0 Å². The molecule has 1 aromatic carbocycles. The number of hydrogen-bond acceptors (Lipinski definition) is 3. The fourth-order valence-electron chi connectivity index (χ4n) is 1.77. The van der Waals surface area contributed by atoms with E-state index in [-0.39, 0.29) is 5.82 Å². The Morgan fingerprint density at radius 1 is 1.50 bits per heavy atom. The monoisotopic (exact) mass is 257 g/mol. The Hall–Kier alpha value is -0.650. The number of halogens is 1. The van der Waals surface area contributed by atoms with E-state index in [0.717, 1.165) is 5.69 Å². The Labute approximate surface area is 103 Å². The van der Waals surface area contributed by atoms with Gasteiger partial charge in [-0.15, -0.1) is 0 Å². The molecule has 0 saturated carbocycles. The smallest absolute Gasteiger partial charge is 0.194 e. The molecule has 2 rings (SSSR count). The lowest BCUT2D eigenvalue weighted by molar-refractivity contribution is -0.782. The second-order valence-electron chi connectivity index (χ2n) is 3.65. The van der Waals surface area contributed by atoms with Crippen LogP contribution in [-0.2, 0) is 0 Å². The summed E-state index contributed by atoms with van der Waals surface area (Å²) in [5, 5.41) is 2.14. The first-order chi connectivity index (χ1) is 7.63. The molecule has 5 heteroatoms. The van der Waals surface area contributed by atoms with Crippen LogP contribution in [0, 0.1) is 5.82 Å². The molecule has 1 aromatic rings. The molecule has 3 N–H and O–H groups in total. The summed E-state index contributed by atoms with van der Waals surface area (Å²) in [6, 6.07) is 4.62. The van der Waals surface area contributed by atoms with Gasteiger partial charge in [-0.25, -0.2) is 4.39 Å². The fraction of sp³-hybridized carbons (Fsp3) is 0.273. The molecule has 0 fully saturated rings. The highest BCUT2D eigenvalue weighted by Crippen LogP contribution is 2.28. The van der Waals surface area contributed by atoms with E-state index in [1.165, 1.54) is 22.7 Å². The molecule has 2 unspecified atom stereocenters. The van der Waals surface area contributed by atoms with Crippen LogP contribution < -0.4 is 10.6 Å². The van der Waals surface area contributed by atoms with Crippen LogP contribution in [-0.4, -0.2) is 11.0 Å². The summed E-state index contributed by atoms with van der Waals surface area (Å²) in [5.41, 5.74) is 8.57. The molecule has 16 heavy (non-hydrogen) atoms. The first-order valence-electron chi connectivity index (χ1n) is 4.91. The predicted octanol–water partition coefficient (Wildman–Crippen LogP) is 2.18. The topological polar surface area (TPSA) is 30.5 Å². The van der Waals surface area contributed by atoms with Crippen molar-refractivity contribution in [1.82, 2.24) is 0 Å². The number of nitrogen functional groups attached to an aromatic ring is 1. The van der Waals surface area contributed by atoms with Crippen molar-refractivity contribution in [2.45, 2.75) is 11.6 Å². The summed E-state index contributed by atoms with van der Waals surface area (Å²) in [6.07, 6.45) is 2.07. The van der Waals surface area contributed by atoms with E-state index in [0.29, 0.717) is 10.4 Å². The van der Waals surface area contributed by atoms with Crippen molar-refractivity contribution in [1.29, 1.82) is 0 Å². The zero-order valence-corrected chi connectivity index (χ0v) is 10.8. The summed E-state index contributed by atoms with van der Waals surface area (Å²) >= 11 is 3.56. The minimum Gasteiger partial charge on any atom is -0.394 e. The third-order valence-electron chi connectivity index (χ3n) is 2.55. The van der Waals surface area contributed by atoms with Gasteiger partial charge in [0.05, 0.1) is 5.69 Å². The molecule has 0 saturated heterocycles. The van der Waals surface area contributed by atoms with Gasteiger partial charge >= 0.3 is 0 Å². The van der Waals surface area contributed by atoms with Crippen LogP contribution in [0.5, 0.6) is 0 Å². The molecule has 1 heterocycles. The van der Waals surface area contributed by atoms with Crippen molar-refractivity contribution in [2.75, 3.05) is 12.0 Å². The van der Waals surface area contributed by atoms with Gasteiger partial charge in [0, 0.05) is 24.5 Å². The van der Waals surface area contributed by atoms with Crippen LogP contribution >= 0.6 is 23.5 Å². The lowest BCUT2D eigenvalue weighted by Crippen LogP contribution is -3.06. The highest BCUT2D eigenvalue weighted by atomic mass is 32.2. The number of nitrogens with two attached hydrogens (primary N) is 1. The highest BCUT2D eigenvalue weighted by Gasteiger charge is 2.32. The van der Waals surface area contributed by atoms with Gasteiger partial charge in [-0.05, 0) is 12.3 Å². The molecule has 2 atom stereocenters. The number of nitrogens with one attached hydrogen (secondary N) is 1. The van der Waals surface area contributed by atoms with Crippen LogP contribution in [0.4, 0.5) is 15.8 Å². The molecular formula is C11H14FN2S2+. The molecule has 0 spiro atoms. The molecule has 1 aliphatic heterocycles. The SMILES string of the molecule is CSC1SC=C(C)[NH+]1c1ccc(F)cc1N. The first-order valence-corrected chi connectivity index (χ1v) is 7.14. The van der Waals surface area contributed by atoms with E-state index in [1.807, 2.05) is 0 Å². The van der Waals surface area contributed by atoms with E-state index in [1.54, 1.807) is 29.6 Å². The predicted molar refractivity (Wildman–Crippen MR) is 70.1 cm³/mol. The van der Waals surface area contributed by atoms with Gasteiger partial charge in [-0.1, -0.05) is 23.5 Å². The Bertz CT molecular complexity index is 434. The van der Waals surface area contributed by atoms with Gasteiger partial charge in [0.25, 0.3) is 0 Å². The summed E-state index contributed by atoms with van der Waals surface area (Å²) in [4.78, 5) is 1.22. The highest BCUT2D eigenvalue weighted by molar-refractivity contribution is 8.17. The van der Waals surface area contributed by atoms with Crippen LogP contribution in [0.25, 0.3) is 0 Å². The Morgan fingerprint density at radius 2 is 2.25 bits per heavy atom. The first kappa shape index (κ1) is 11.8. The minimum absolute atomic E-state index is 0.283. The Balaban J connectivity index is 2.39. The van der Waals surface area contributed by atoms with E-state index in [4.69, 9.17) is 5.73 Å². The number of thioether (sulfide) groups is 2. The lowest BCUT2D eigenvalue weighted by atomic mass is 10.2. The van der Waals surface area contributed by atoms with Crippen molar-refractivity contribution in [3.05, 3.63) is 35.1 Å². The molecular weight excluding hydrogens is 243 g/mol. The number of allylic oxidation sites excluding steroid dienone is 1. The van der Waals surface area contributed by atoms with Gasteiger partial charge in [0.2, 0.25) is 0 Å². The van der Waals surface area contributed by atoms with Gasteiger partial charge < -0.3 is 5.73 Å². The normalized spacial score (nSPS) is 24.6. The number of anilines is 1. The molecule has 86 valence electrons. The molecule has 2 nitrogen and oxygen atoms in total. The van der Waals surface area contributed by atoms with Crippen LogP contribution in [0.15, 0.2) is 29.3 Å². The second-order valence-corrected chi connectivity index (χ2v) is 5.87. The quantitative estimate of drug-likeness (QED) is 0.796. The van der Waals surface area contributed by atoms with Crippen LogP contribution in [0.1, 0.15) is 6.92 Å². The summed E-state index contributed by atoms with van der Waals surface area (Å²) in [5.74, 6) is -0.283. The van der Waals surface area contributed by atoms with Crippen molar-refractivity contribution < 1.29 is 9.29 Å². The van der Waals surface area contributed by atoms with Crippen molar-refractivity contribution >= 4 is 34.9 Å². The fourth-order valence-corrected chi connectivity index (χ4v) is 3.84. The van der Waals surface area contributed by atoms with E-state index < -0.39 is 0 Å². The number of rotatable bonds is 2. The average Bonchev–Trinajstić information content (AvgIpc) is 2.60. The summed E-state index contributed by atoms with van der Waals surface area (Å²) in [6.45, 7) is 2.07. The minimum atomic E-state index is -0.283. The average molecular weight is 257 g/mol. The van der Waals surface area contributed by atoms with E-state index in [9.17, 15) is 4.39 Å². The molecule has 1 aliphatic rings. The van der Waals surface area contributed by atoms with Gasteiger partial charge in [0.1, 0.15) is 11.5 Å². The summed E-state index contributed by atoms with van der Waals surface area (Å²) < 4.78 is 13.4. The number of hydrogen-bond donors (Lipinski definition) is 2. The van der Waals surface area contributed by atoms with E-state index >= 15 is 0 Å². The zero-order chi connectivity index (χ0) is 11.7. The third kappa shape index (κ3) is 2.07. The van der Waals surface area contributed by atoms with Crippen molar-refractivity contribution in [3.63, 3.8) is 0 Å². The number of benzene rings is 1. The van der Waals surface area contributed by atoms with Gasteiger partial charge in [0.15, 0.2) is 10.4 Å². The Kier molecular flexibility index (Phi) is 3.47. The zero-order valence-electron chi connectivity index (χ0n) is 9.16. The van der Waals surface area contributed by atoms with Crippen molar-refractivity contribution in [3.8, 4) is 0 Å². The standard InChI is InChI=1S/C11H13FN2S2/c1-7-6-16-11(15-2)14(7)10-4-3-8(12)5-9(10)13/h3-6,11H,13H2,1-2H3/p+1. The number of quaternary nitrogens is 1. The maximum Gasteiger partial charge on any atom is 0.194 e. The molecule has 0 amide bonds. The maximum absolute atomic E-state index is 13.0. The largest absolute Gasteiger partial charge is 0.394 e. The van der Waals surface area contributed by atoms with E-state index in [2.05, 4.69) is 18.6 Å². The molecule has 0 radical (unpaired) electrons. The summed E-state index contributed by atoms with van der Waals surface area (Å²) in [7, 11) is 0. The maximum atomic E-state index is 13.0.